The average molecular weight is 301 g/mol. The summed E-state index contributed by atoms with van der Waals surface area (Å²) in [5.41, 5.74) is 2.49. The van der Waals surface area contributed by atoms with Crippen LogP contribution in [0.4, 0.5) is 0 Å². The SMILES string of the molecule is O=Cc1c(-c2ccc3c(c2)OCO3)nc2ccc(Cl)cn12. The summed E-state index contributed by atoms with van der Waals surface area (Å²) in [7, 11) is 0. The number of fused-ring (bicyclic) bond motifs is 2. The molecule has 0 atom stereocenters. The van der Waals surface area contributed by atoms with E-state index in [1.165, 1.54) is 0 Å². The van der Waals surface area contributed by atoms with Gasteiger partial charge >= 0.3 is 0 Å². The summed E-state index contributed by atoms with van der Waals surface area (Å²) in [6.45, 7) is 0.208. The van der Waals surface area contributed by atoms with E-state index < -0.39 is 0 Å². The Bertz CT molecular complexity index is 873. The molecule has 4 rings (SSSR count). The fraction of sp³-hybridized carbons (Fsp3) is 0.0667. The Labute approximate surface area is 124 Å². The van der Waals surface area contributed by atoms with Crippen LogP contribution in [0, 0.1) is 0 Å². The molecule has 1 aromatic carbocycles. The summed E-state index contributed by atoms with van der Waals surface area (Å²) in [5.74, 6) is 1.35. The van der Waals surface area contributed by atoms with E-state index in [1.54, 1.807) is 22.7 Å². The summed E-state index contributed by atoms with van der Waals surface area (Å²) in [4.78, 5) is 16.0. The number of hydrogen-bond donors (Lipinski definition) is 0. The molecule has 3 aromatic rings. The van der Waals surface area contributed by atoms with Gasteiger partial charge in [0.25, 0.3) is 0 Å². The minimum absolute atomic E-state index is 0.208. The van der Waals surface area contributed by atoms with Crippen molar-refractivity contribution >= 4 is 23.5 Å². The van der Waals surface area contributed by atoms with E-state index in [0.29, 0.717) is 33.6 Å². The van der Waals surface area contributed by atoms with Gasteiger partial charge in [0, 0.05) is 11.8 Å². The van der Waals surface area contributed by atoms with Crippen LogP contribution in [0.2, 0.25) is 5.02 Å². The van der Waals surface area contributed by atoms with Crippen molar-refractivity contribution in [1.29, 1.82) is 0 Å². The molecular weight excluding hydrogens is 292 g/mol. The molecular formula is C15H9ClN2O3. The highest BCUT2D eigenvalue weighted by Crippen LogP contribution is 2.36. The number of pyridine rings is 1. The summed E-state index contributed by atoms with van der Waals surface area (Å²) in [5, 5.41) is 0.542. The third kappa shape index (κ3) is 1.86. The van der Waals surface area contributed by atoms with Gasteiger partial charge in [-0.1, -0.05) is 11.6 Å². The Morgan fingerprint density at radius 1 is 1.19 bits per heavy atom. The van der Waals surface area contributed by atoms with Crippen molar-refractivity contribution in [2.75, 3.05) is 6.79 Å². The van der Waals surface area contributed by atoms with E-state index in [2.05, 4.69) is 4.98 Å². The van der Waals surface area contributed by atoms with Gasteiger partial charge in [-0.05, 0) is 30.3 Å². The molecule has 104 valence electrons. The Morgan fingerprint density at radius 2 is 2.05 bits per heavy atom. The van der Waals surface area contributed by atoms with Crippen LogP contribution < -0.4 is 9.47 Å². The predicted octanol–water partition coefficient (Wildman–Crippen LogP) is 3.20. The molecule has 0 saturated carbocycles. The monoisotopic (exact) mass is 300 g/mol. The van der Waals surface area contributed by atoms with Gasteiger partial charge in [0.05, 0.1) is 5.02 Å². The molecule has 21 heavy (non-hydrogen) atoms. The van der Waals surface area contributed by atoms with Crippen molar-refractivity contribution in [1.82, 2.24) is 9.38 Å². The topological polar surface area (TPSA) is 52.8 Å². The first-order valence-electron chi connectivity index (χ1n) is 6.29. The number of carbonyl (C=O) groups excluding carboxylic acids is 1. The lowest BCUT2D eigenvalue weighted by Gasteiger charge is -2.01. The van der Waals surface area contributed by atoms with Gasteiger partial charge in [0.15, 0.2) is 17.8 Å². The summed E-state index contributed by atoms with van der Waals surface area (Å²) in [6.07, 6.45) is 2.44. The fourth-order valence-electron chi connectivity index (χ4n) is 2.41. The van der Waals surface area contributed by atoms with E-state index >= 15 is 0 Å². The predicted molar refractivity (Wildman–Crippen MR) is 77.1 cm³/mol. The van der Waals surface area contributed by atoms with E-state index in [-0.39, 0.29) is 6.79 Å². The van der Waals surface area contributed by atoms with Gasteiger partial charge in [0.2, 0.25) is 6.79 Å². The van der Waals surface area contributed by atoms with Crippen LogP contribution in [0.3, 0.4) is 0 Å². The molecule has 6 heteroatoms. The zero-order valence-corrected chi connectivity index (χ0v) is 11.5. The maximum absolute atomic E-state index is 11.5. The number of aldehydes is 1. The van der Waals surface area contributed by atoms with Crippen LogP contribution >= 0.6 is 11.6 Å². The highest BCUT2D eigenvalue weighted by atomic mass is 35.5. The van der Waals surface area contributed by atoms with E-state index in [1.807, 2.05) is 18.2 Å². The number of ether oxygens (including phenoxy) is 2. The standard InChI is InChI=1S/C15H9ClN2O3/c16-10-2-4-14-17-15(11(7-19)18(14)6-10)9-1-3-12-13(5-9)21-8-20-12/h1-7H,8H2. The van der Waals surface area contributed by atoms with Crippen molar-refractivity contribution < 1.29 is 14.3 Å². The highest BCUT2D eigenvalue weighted by Gasteiger charge is 2.18. The van der Waals surface area contributed by atoms with Crippen molar-refractivity contribution in [3.05, 3.63) is 47.2 Å². The zero-order chi connectivity index (χ0) is 14.4. The zero-order valence-electron chi connectivity index (χ0n) is 10.7. The van der Waals surface area contributed by atoms with Crippen molar-refractivity contribution in [3.8, 4) is 22.8 Å². The first kappa shape index (κ1) is 12.2. The number of aromatic nitrogens is 2. The van der Waals surface area contributed by atoms with Gasteiger partial charge in [-0.25, -0.2) is 4.98 Å². The van der Waals surface area contributed by atoms with Crippen molar-refractivity contribution in [3.63, 3.8) is 0 Å². The first-order valence-corrected chi connectivity index (χ1v) is 6.67. The van der Waals surface area contributed by atoms with Gasteiger partial charge in [-0.2, -0.15) is 0 Å². The maximum Gasteiger partial charge on any atom is 0.231 e. The van der Waals surface area contributed by atoms with E-state index in [9.17, 15) is 4.79 Å². The minimum atomic E-state index is 0.208. The van der Waals surface area contributed by atoms with Gasteiger partial charge in [-0.3, -0.25) is 9.20 Å². The van der Waals surface area contributed by atoms with Crippen LogP contribution in [0.25, 0.3) is 16.9 Å². The number of halogens is 1. The normalized spacial score (nSPS) is 12.8. The Morgan fingerprint density at radius 3 is 2.90 bits per heavy atom. The van der Waals surface area contributed by atoms with Crippen LogP contribution in [0.15, 0.2) is 36.5 Å². The lowest BCUT2D eigenvalue weighted by atomic mass is 10.1. The second kappa shape index (κ2) is 4.49. The largest absolute Gasteiger partial charge is 0.454 e. The Kier molecular flexibility index (Phi) is 2.62. The Hall–Kier alpha value is -2.53. The van der Waals surface area contributed by atoms with Crippen molar-refractivity contribution in [2.45, 2.75) is 0 Å². The second-order valence-corrected chi connectivity index (χ2v) is 5.04. The molecule has 1 aliphatic rings. The number of rotatable bonds is 2. The van der Waals surface area contributed by atoms with E-state index in [0.717, 1.165) is 11.8 Å². The van der Waals surface area contributed by atoms with Crippen LogP contribution in [-0.2, 0) is 0 Å². The molecule has 0 aliphatic carbocycles. The molecule has 0 N–H and O–H groups in total. The van der Waals surface area contributed by atoms with Gasteiger partial charge in [-0.15, -0.1) is 0 Å². The van der Waals surface area contributed by atoms with E-state index in [4.69, 9.17) is 21.1 Å². The summed E-state index contributed by atoms with van der Waals surface area (Å²) in [6, 6.07) is 8.99. The lowest BCUT2D eigenvalue weighted by Crippen LogP contribution is -1.93. The molecule has 5 nitrogen and oxygen atoms in total. The molecule has 0 unspecified atom stereocenters. The third-order valence-electron chi connectivity index (χ3n) is 3.38. The second-order valence-electron chi connectivity index (χ2n) is 4.61. The van der Waals surface area contributed by atoms with Crippen LogP contribution in [0.5, 0.6) is 11.5 Å². The number of carbonyl (C=O) groups is 1. The highest BCUT2D eigenvalue weighted by molar-refractivity contribution is 6.30. The molecule has 0 radical (unpaired) electrons. The number of benzene rings is 1. The maximum atomic E-state index is 11.5. The van der Waals surface area contributed by atoms with Gasteiger partial charge < -0.3 is 9.47 Å². The van der Waals surface area contributed by atoms with Crippen LogP contribution in [-0.4, -0.2) is 22.5 Å². The Balaban J connectivity index is 1.95. The fourth-order valence-corrected chi connectivity index (χ4v) is 2.57. The molecule has 0 bridgehead atoms. The quantitative estimate of drug-likeness (QED) is 0.682. The van der Waals surface area contributed by atoms with Gasteiger partial charge in [0.1, 0.15) is 17.0 Å². The first-order chi connectivity index (χ1) is 10.3. The number of imidazole rings is 1. The average Bonchev–Trinajstić information content (AvgIpc) is 3.09. The molecule has 0 amide bonds. The van der Waals surface area contributed by atoms with Crippen molar-refractivity contribution in [2.24, 2.45) is 0 Å². The molecule has 2 aromatic heterocycles. The summed E-state index contributed by atoms with van der Waals surface area (Å²) >= 11 is 5.98. The number of hydrogen-bond acceptors (Lipinski definition) is 4. The minimum Gasteiger partial charge on any atom is -0.454 e. The van der Waals surface area contributed by atoms with Crippen LogP contribution in [0.1, 0.15) is 10.5 Å². The lowest BCUT2D eigenvalue weighted by molar-refractivity contribution is 0.111. The molecule has 0 saturated heterocycles. The summed E-state index contributed by atoms with van der Waals surface area (Å²) < 4.78 is 12.3. The molecule has 0 fully saturated rings. The molecule has 3 heterocycles. The smallest absolute Gasteiger partial charge is 0.231 e. The number of nitrogens with zero attached hydrogens (tertiary/aromatic N) is 2. The molecule has 0 spiro atoms. The molecule has 1 aliphatic heterocycles. The third-order valence-corrected chi connectivity index (χ3v) is 3.60.